The molecule has 0 spiro atoms. The first kappa shape index (κ1) is 17.5. The van der Waals surface area contributed by atoms with Gasteiger partial charge in [0.15, 0.2) is 0 Å². The minimum absolute atomic E-state index is 0.266. The molecule has 0 fully saturated rings. The van der Waals surface area contributed by atoms with Crippen molar-refractivity contribution in [3.63, 3.8) is 0 Å². The average Bonchev–Trinajstić information content (AvgIpc) is 2.41. The first-order chi connectivity index (χ1) is 9.63. The van der Waals surface area contributed by atoms with Gasteiger partial charge in [0.1, 0.15) is 5.78 Å². The number of halogens is 2. The molecule has 1 aromatic carbocycles. The fourth-order valence-electron chi connectivity index (χ4n) is 2.25. The van der Waals surface area contributed by atoms with Crippen molar-refractivity contribution < 1.29 is 4.79 Å². The molecule has 0 heterocycles. The van der Waals surface area contributed by atoms with Crippen molar-refractivity contribution in [2.75, 3.05) is 0 Å². The number of carbonyl (C=O) groups is 1. The summed E-state index contributed by atoms with van der Waals surface area (Å²) in [6.45, 7) is 2.22. The highest BCUT2D eigenvalue weighted by atomic mass is 35.5. The van der Waals surface area contributed by atoms with Crippen LogP contribution in [-0.4, -0.2) is 5.78 Å². The summed E-state index contributed by atoms with van der Waals surface area (Å²) in [6, 6.07) is 5.32. The van der Waals surface area contributed by atoms with Gasteiger partial charge in [0, 0.05) is 22.9 Å². The fraction of sp³-hybridized carbons (Fsp3) is 0.588. The highest BCUT2D eigenvalue weighted by molar-refractivity contribution is 6.35. The van der Waals surface area contributed by atoms with Gasteiger partial charge in [-0.05, 0) is 24.1 Å². The zero-order valence-corrected chi connectivity index (χ0v) is 13.8. The third kappa shape index (κ3) is 7.31. The molecule has 3 heteroatoms. The lowest BCUT2D eigenvalue weighted by Crippen LogP contribution is -2.03. The molecule has 0 radical (unpaired) electrons. The third-order valence-electron chi connectivity index (χ3n) is 3.46. The van der Waals surface area contributed by atoms with Crippen molar-refractivity contribution in [1.82, 2.24) is 0 Å². The van der Waals surface area contributed by atoms with Gasteiger partial charge in [-0.3, -0.25) is 4.79 Å². The van der Waals surface area contributed by atoms with Crippen molar-refractivity contribution in [2.24, 2.45) is 0 Å². The first-order valence-electron chi connectivity index (χ1n) is 7.59. The molecule has 20 heavy (non-hydrogen) atoms. The Morgan fingerprint density at radius 1 is 1.00 bits per heavy atom. The SMILES string of the molecule is CCCCCCCCCC(=O)Cc1ccc(Cl)cc1Cl. The fourth-order valence-corrected chi connectivity index (χ4v) is 2.72. The van der Waals surface area contributed by atoms with Gasteiger partial charge in [0.05, 0.1) is 0 Å². The maximum atomic E-state index is 11.9. The molecule has 0 aliphatic rings. The summed E-state index contributed by atoms with van der Waals surface area (Å²) in [5.41, 5.74) is 0.879. The maximum absolute atomic E-state index is 11.9. The van der Waals surface area contributed by atoms with E-state index >= 15 is 0 Å². The number of Topliss-reactive ketones (excluding diaryl/α,β-unsaturated/α-hetero) is 1. The van der Waals surface area contributed by atoms with E-state index < -0.39 is 0 Å². The summed E-state index contributed by atoms with van der Waals surface area (Å²) in [5.74, 6) is 0.266. The molecule has 112 valence electrons. The smallest absolute Gasteiger partial charge is 0.137 e. The van der Waals surface area contributed by atoms with E-state index in [4.69, 9.17) is 23.2 Å². The van der Waals surface area contributed by atoms with Crippen LogP contribution in [0.4, 0.5) is 0 Å². The van der Waals surface area contributed by atoms with Crippen LogP contribution >= 0.6 is 23.2 Å². The van der Waals surface area contributed by atoms with Gasteiger partial charge in [0.2, 0.25) is 0 Å². The molecule has 1 nitrogen and oxygen atoms in total. The van der Waals surface area contributed by atoms with Crippen molar-refractivity contribution in [1.29, 1.82) is 0 Å². The van der Waals surface area contributed by atoms with Crippen molar-refractivity contribution in [3.8, 4) is 0 Å². The summed E-state index contributed by atoms with van der Waals surface area (Å²) >= 11 is 11.9. The lowest BCUT2D eigenvalue weighted by Gasteiger charge is -2.05. The van der Waals surface area contributed by atoms with Crippen LogP contribution in [0.3, 0.4) is 0 Å². The van der Waals surface area contributed by atoms with Gasteiger partial charge in [-0.2, -0.15) is 0 Å². The zero-order valence-electron chi connectivity index (χ0n) is 12.3. The van der Waals surface area contributed by atoms with Crippen LogP contribution in [-0.2, 0) is 11.2 Å². The van der Waals surface area contributed by atoms with Crippen molar-refractivity contribution in [3.05, 3.63) is 33.8 Å². The molecule has 1 rings (SSSR count). The Morgan fingerprint density at radius 3 is 2.30 bits per heavy atom. The first-order valence-corrected chi connectivity index (χ1v) is 8.34. The molecule has 0 atom stereocenters. The minimum Gasteiger partial charge on any atom is -0.299 e. The number of hydrogen-bond acceptors (Lipinski definition) is 1. The van der Waals surface area contributed by atoms with Crippen LogP contribution in [0.25, 0.3) is 0 Å². The summed E-state index contributed by atoms with van der Waals surface area (Å²) < 4.78 is 0. The Bertz CT molecular complexity index is 415. The molecule has 0 aliphatic carbocycles. The molecule has 0 saturated carbocycles. The van der Waals surface area contributed by atoms with E-state index in [1.54, 1.807) is 12.1 Å². The van der Waals surface area contributed by atoms with E-state index in [0.29, 0.717) is 22.9 Å². The van der Waals surface area contributed by atoms with E-state index in [0.717, 1.165) is 18.4 Å². The zero-order chi connectivity index (χ0) is 14.8. The summed E-state index contributed by atoms with van der Waals surface area (Å²) in [5, 5.41) is 1.20. The molecule has 0 bridgehead atoms. The predicted molar refractivity (Wildman–Crippen MR) is 87.8 cm³/mol. The Kier molecular flexibility index (Phi) is 8.97. The second-order valence-electron chi connectivity index (χ2n) is 5.32. The van der Waals surface area contributed by atoms with Crippen LogP contribution in [0.5, 0.6) is 0 Å². The predicted octanol–water partition coefficient (Wildman–Crippen LogP) is 6.25. The lowest BCUT2D eigenvalue weighted by atomic mass is 10.0. The van der Waals surface area contributed by atoms with E-state index in [1.165, 1.54) is 32.1 Å². The molecular formula is C17H24Cl2O. The Balaban J connectivity index is 2.17. The number of hydrogen-bond donors (Lipinski definition) is 0. The van der Waals surface area contributed by atoms with Crippen LogP contribution < -0.4 is 0 Å². The van der Waals surface area contributed by atoms with Gasteiger partial charge in [-0.15, -0.1) is 0 Å². The van der Waals surface area contributed by atoms with Crippen molar-refractivity contribution in [2.45, 2.75) is 64.7 Å². The van der Waals surface area contributed by atoms with Gasteiger partial charge in [-0.1, -0.05) is 74.7 Å². The normalized spacial score (nSPS) is 10.8. The molecule has 0 saturated heterocycles. The number of unbranched alkanes of at least 4 members (excludes halogenated alkanes) is 6. The number of benzene rings is 1. The number of rotatable bonds is 10. The summed E-state index contributed by atoms with van der Waals surface area (Å²) in [6.07, 6.45) is 9.71. The largest absolute Gasteiger partial charge is 0.299 e. The standard InChI is InChI=1S/C17H24Cl2O/c1-2-3-4-5-6-7-8-9-16(20)12-14-10-11-15(18)13-17(14)19/h10-11,13H,2-9,12H2,1H3. The molecule has 0 amide bonds. The van der Waals surface area contributed by atoms with Crippen LogP contribution in [0.1, 0.15) is 63.9 Å². The van der Waals surface area contributed by atoms with E-state index in [2.05, 4.69) is 6.92 Å². The van der Waals surface area contributed by atoms with Gasteiger partial charge in [-0.25, -0.2) is 0 Å². The summed E-state index contributed by atoms with van der Waals surface area (Å²) in [4.78, 5) is 11.9. The molecule has 0 N–H and O–H groups in total. The average molecular weight is 315 g/mol. The Hall–Kier alpha value is -0.530. The third-order valence-corrected chi connectivity index (χ3v) is 4.05. The van der Waals surface area contributed by atoms with Crippen molar-refractivity contribution >= 4 is 29.0 Å². The molecule has 0 unspecified atom stereocenters. The van der Waals surface area contributed by atoms with E-state index in [1.807, 2.05) is 6.07 Å². The highest BCUT2D eigenvalue weighted by Crippen LogP contribution is 2.22. The topological polar surface area (TPSA) is 17.1 Å². The van der Waals surface area contributed by atoms with Gasteiger partial charge in [0.25, 0.3) is 0 Å². The highest BCUT2D eigenvalue weighted by Gasteiger charge is 2.07. The monoisotopic (exact) mass is 314 g/mol. The maximum Gasteiger partial charge on any atom is 0.137 e. The quantitative estimate of drug-likeness (QED) is 0.467. The number of ketones is 1. The van der Waals surface area contributed by atoms with Gasteiger partial charge >= 0.3 is 0 Å². The molecule has 0 aromatic heterocycles. The van der Waals surface area contributed by atoms with Crippen LogP contribution in [0.2, 0.25) is 10.0 Å². The van der Waals surface area contributed by atoms with E-state index in [-0.39, 0.29) is 5.78 Å². The molecule has 0 aliphatic heterocycles. The Labute approximate surface area is 132 Å². The number of carbonyl (C=O) groups excluding carboxylic acids is 1. The van der Waals surface area contributed by atoms with E-state index in [9.17, 15) is 4.79 Å². The van der Waals surface area contributed by atoms with Crippen LogP contribution in [0, 0.1) is 0 Å². The minimum atomic E-state index is 0.266. The second kappa shape index (κ2) is 10.2. The van der Waals surface area contributed by atoms with Gasteiger partial charge < -0.3 is 0 Å². The lowest BCUT2D eigenvalue weighted by molar-refractivity contribution is -0.118. The van der Waals surface area contributed by atoms with Crippen LogP contribution in [0.15, 0.2) is 18.2 Å². The second-order valence-corrected chi connectivity index (χ2v) is 6.17. The molecule has 1 aromatic rings. The summed E-state index contributed by atoms with van der Waals surface area (Å²) in [7, 11) is 0. The Morgan fingerprint density at radius 2 is 1.65 bits per heavy atom. The molecular weight excluding hydrogens is 291 g/mol.